The predicted molar refractivity (Wildman–Crippen MR) is 75.4 cm³/mol. The number of halogens is 2. The highest BCUT2D eigenvalue weighted by Crippen LogP contribution is 2.40. The number of fused-ring (bicyclic) bond motifs is 1. The molecule has 0 amide bonds. The lowest BCUT2D eigenvalue weighted by Gasteiger charge is -2.23. The fourth-order valence-electron chi connectivity index (χ4n) is 2.44. The summed E-state index contributed by atoms with van der Waals surface area (Å²) in [7, 11) is -3.07. The van der Waals surface area contributed by atoms with E-state index < -0.39 is 15.7 Å². The zero-order chi connectivity index (χ0) is 13.8. The van der Waals surface area contributed by atoms with E-state index in [4.69, 9.17) is 17.0 Å². The molecule has 2 fully saturated rings. The molecule has 1 aromatic carbocycles. The maximum absolute atomic E-state index is 13.5. The fourth-order valence-corrected chi connectivity index (χ4v) is 6.35. The number of anilines is 1. The molecule has 2 saturated heterocycles. The molecule has 2 aliphatic heterocycles. The van der Waals surface area contributed by atoms with E-state index >= 15 is 0 Å². The van der Waals surface area contributed by atoms with Gasteiger partial charge in [-0.1, -0.05) is 23.4 Å². The van der Waals surface area contributed by atoms with Crippen molar-refractivity contribution in [3.8, 4) is 0 Å². The molecule has 0 saturated carbocycles. The lowest BCUT2D eigenvalue weighted by atomic mass is 10.2. The van der Waals surface area contributed by atoms with Crippen molar-refractivity contribution in [2.24, 2.45) is 0 Å². The van der Waals surface area contributed by atoms with E-state index in [0.717, 1.165) is 0 Å². The maximum Gasteiger partial charge on any atom is 0.161 e. The van der Waals surface area contributed by atoms with Gasteiger partial charge in [0.15, 0.2) is 15.0 Å². The Morgan fingerprint density at radius 2 is 2.16 bits per heavy atom. The van der Waals surface area contributed by atoms with E-state index in [1.54, 1.807) is 11.0 Å². The molecule has 2 aliphatic rings. The molecule has 0 aliphatic carbocycles. The zero-order valence-corrected chi connectivity index (χ0v) is 12.0. The van der Waals surface area contributed by atoms with Gasteiger partial charge in [0.1, 0.15) is 5.82 Å². The van der Waals surface area contributed by atoms with Crippen LogP contribution in [0.4, 0.5) is 10.1 Å². The number of sulfone groups is 1. The van der Waals surface area contributed by atoms with Crippen molar-refractivity contribution >= 4 is 44.1 Å². The second-order valence-corrected chi connectivity index (χ2v) is 8.36. The number of hydrogen-bond acceptors (Lipinski definition) is 4. The summed E-state index contributed by atoms with van der Waals surface area (Å²) < 4.78 is 36.8. The average Bonchev–Trinajstić information content (AvgIpc) is 2.73. The molecule has 2 heterocycles. The summed E-state index contributed by atoms with van der Waals surface area (Å²) in [5.41, 5.74) is 0.476. The Morgan fingerprint density at radius 1 is 1.42 bits per heavy atom. The van der Waals surface area contributed by atoms with E-state index in [-0.39, 0.29) is 33.0 Å². The highest BCUT2D eigenvalue weighted by Gasteiger charge is 2.48. The van der Waals surface area contributed by atoms with Crippen molar-refractivity contribution in [2.75, 3.05) is 16.4 Å². The van der Waals surface area contributed by atoms with E-state index in [1.165, 1.54) is 23.9 Å². The van der Waals surface area contributed by atoms with Crippen molar-refractivity contribution in [3.05, 3.63) is 29.0 Å². The largest absolute Gasteiger partial charge is 0.316 e. The first-order valence-corrected chi connectivity index (χ1v) is 8.65. The number of nitrogens with one attached hydrogen (secondary N) is 1. The molecule has 1 aromatic rings. The van der Waals surface area contributed by atoms with Crippen LogP contribution in [0.5, 0.6) is 0 Å². The lowest BCUT2D eigenvalue weighted by Crippen LogP contribution is -2.37. The highest BCUT2D eigenvalue weighted by molar-refractivity contribution is 8.15. The van der Waals surface area contributed by atoms with Crippen LogP contribution in [0.3, 0.4) is 0 Å². The van der Waals surface area contributed by atoms with Gasteiger partial charge >= 0.3 is 0 Å². The van der Waals surface area contributed by atoms with Crippen molar-refractivity contribution in [2.45, 2.75) is 11.3 Å². The number of rotatable bonds is 1. The minimum absolute atomic E-state index is 0.0112. The molecule has 0 unspecified atom stereocenters. The van der Waals surface area contributed by atoms with Gasteiger partial charge in [-0.2, -0.15) is 0 Å². The third-order valence-corrected chi connectivity index (χ3v) is 6.70. The van der Waals surface area contributed by atoms with Crippen molar-refractivity contribution in [3.63, 3.8) is 0 Å². The standard InChI is InChI=1S/C11H10ClFN2O2S2/c12-7-2-1-6(3-8(7)13)15-9-4-19(16,17)5-10(9)18-11(15)14/h1-3,9-10,14H,4-5H2/t9-,10-/m0/s1. The molecule has 3 rings (SSSR count). The number of hydrogen-bond donors (Lipinski definition) is 1. The summed E-state index contributed by atoms with van der Waals surface area (Å²) in [6, 6.07) is 3.97. The molecule has 0 radical (unpaired) electrons. The van der Waals surface area contributed by atoms with Crippen LogP contribution in [0.1, 0.15) is 0 Å². The average molecular weight is 321 g/mol. The van der Waals surface area contributed by atoms with E-state index in [1.807, 2.05) is 0 Å². The van der Waals surface area contributed by atoms with Gasteiger partial charge in [-0.15, -0.1) is 0 Å². The minimum atomic E-state index is -3.07. The number of thioether (sulfide) groups is 1. The van der Waals surface area contributed by atoms with Gasteiger partial charge in [-0.3, -0.25) is 5.41 Å². The fraction of sp³-hybridized carbons (Fsp3) is 0.364. The first kappa shape index (κ1) is 13.2. The van der Waals surface area contributed by atoms with E-state index in [2.05, 4.69) is 0 Å². The molecule has 0 spiro atoms. The predicted octanol–water partition coefficient (Wildman–Crippen LogP) is 2.13. The molecule has 0 bridgehead atoms. The smallest absolute Gasteiger partial charge is 0.161 e. The molecule has 19 heavy (non-hydrogen) atoms. The summed E-state index contributed by atoms with van der Waals surface area (Å²) in [4.78, 5) is 1.58. The number of amidine groups is 1. The Bertz CT molecular complexity index is 665. The number of nitrogens with zero attached hydrogens (tertiary/aromatic N) is 1. The Hall–Kier alpha value is -0.790. The first-order valence-electron chi connectivity index (χ1n) is 5.57. The topological polar surface area (TPSA) is 61.2 Å². The second-order valence-electron chi connectivity index (χ2n) is 4.57. The van der Waals surface area contributed by atoms with Gasteiger partial charge in [0, 0.05) is 10.9 Å². The molecule has 102 valence electrons. The summed E-state index contributed by atoms with van der Waals surface area (Å²) in [5.74, 6) is -0.476. The van der Waals surface area contributed by atoms with Gasteiger partial charge in [0.25, 0.3) is 0 Å². The van der Waals surface area contributed by atoms with Crippen LogP contribution in [0.15, 0.2) is 18.2 Å². The van der Waals surface area contributed by atoms with Crippen molar-refractivity contribution < 1.29 is 12.8 Å². The Kier molecular flexibility index (Phi) is 3.03. The van der Waals surface area contributed by atoms with Gasteiger partial charge in [-0.25, -0.2) is 12.8 Å². The summed E-state index contributed by atoms with van der Waals surface area (Å²) in [5, 5.41) is 8.06. The summed E-state index contributed by atoms with van der Waals surface area (Å²) >= 11 is 6.86. The molecule has 1 N–H and O–H groups in total. The van der Waals surface area contributed by atoms with Crippen LogP contribution in [0.25, 0.3) is 0 Å². The molecule has 4 nitrogen and oxygen atoms in total. The summed E-state index contributed by atoms with van der Waals surface area (Å²) in [6.07, 6.45) is 0. The van der Waals surface area contributed by atoms with Gasteiger partial charge in [-0.05, 0) is 18.2 Å². The first-order chi connectivity index (χ1) is 8.87. The van der Waals surface area contributed by atoms with Crippen molar-refractivity contribution in [1.82, 2.24) is 0 Å². The van der Waals surface area contributed by atoms with Gasteiger partial charge in [0.05, 0.1) is 22.6 Å². The Labute approximate surface area is 119 Å². The third-order valence-electron chi connectivity index (χ3n) is 3.27. The normalized spacial score (nSPS) is 28.7. The molecular weight excluding hydrogens is 311 g/mol. The van der Waals surface area contributed by atoms with E-state index in [9.17, 15) is 12.8 Å². The van der Waals surface area contributed by atoms with E-state index in [0.29, 0.717) is 5.69 Å². The minimum Gasteiger partial charge on any atom is -0.316 e. The SMILES string of the molecule is N=C1S[C@H]2CS(=O)(=O)C[C@@H]2N1c1ccc(Cl)c(F)c1. The molecule has 8 heteroatoms. The van der Waals surface area contributed by atoms with Crippen LogP contribution < -0.4 is 4.90 Å². The molecule has 2 atom stereocenters. The van der Waals surface area contributed by atoms with Crippen LogP contribution >= 0.6 is 23.4 Å². The highest BCUT2D eigenvalue weighted by atomic mass is 35.5. The van der Waals surface area contributed by atoms with Crippen molar-refractivity contribution in [1.29, 1.82) is 5.41 Å². The maximum atomic E-state index is 13.5. The molecule has 0 aromatic heterocycles. The van der Waals surface area contributed by atoms with Crippen LogP contribution in [-0.4, -0.2) is 36.4 Å². The molecular formula is C11H10ClFN2O2S2. The summed E-state index contributed by atoms with van der Waals surface area (Å²) in [6.45, 7) is 0. The number of benzene rings is 1. The monoisotopic (exact) mass is 320 g/mol. The quantitative estimate of drug-likeness (QED) is 0.861. The second kappa shape index (κ2) is 4.36. The third kappa shape index (κ3) is 2.23. The van der Waals surface area contributed by atoms with Crippen LogP contribution in [0.2, 0.25) is 5.02 Å². The van der Waals surface area contributed by atoms with Crippen LogP contribution in [0, 0.1) is 11.2 Å². The van der Waals surface area contributed by atoms with Gasteiger partial charge in [0.2, 0.25) is 0 Å². The van der Waals surface area contributed by atoms with Gasteiger partial charge < -0.3 is 4.90 Å². The Balaban J connectivity index is 1.99. The van der Waals surface area contributed by atoms with Crippen LogP contribution in [-0.2, 0) is 9.84 Å². The Morgan fingerprint density at radius 3 is 2.84 bits per heavy atom. The zero-order valence-electron chi connectivity index (χ0n) is 9.64. The lowest BCUT2D eigenvalue weighted by molar-refractivity contribution is 0.601.